The van der Waals surface area contributed by atoms with Gasteiger partial charge in [-0.15, -0.1) is 0 Å². The number of esters is 5. The van der Waals surface area contributed by atoms with Gasteiger partial charge in [0.05, 0.1) is 31.3 Å². The molecule has 3 aliphatic rings. The fourth-order valence-electron chi connectivity index (χ4n) is 7.63. The Morgan fingerprint density at radius 3 is 1.96 bits per heavy atom. The lowest BCUT2D eigenvalue weighted by Gasteiger charge is -2.37. The highest BCUT2D eigenvalue weighted by Gasteiger charge is 2.35. The summed E-state index contributed by atoms with van der Waals surface area (Å²) < 4.78 is 26.7. The van der Waals surface area contributed by atoms with Crippen LogP contribution >= 0.6 is 0 Å². The summed E-state index contributed by atoms with van der Waals surface area (Å²) in [5.74, 6) is 0.741. The third-order valence-electron chi connectivity index (χ3n) is 10.8. The molecular weight excluding hydrogens is 640 g/mol. The standard InChI is InChI=1S/C40H56O10/c1-4-28-6-10-30(11-7-28)31-12-14-32(15-13-31)39(44)50-35-20-16-33(17-21-35)40(45)49-34-18-8-29(9-19-34)24-25-46-37(42)22-23-38(43)48-27(3)26-47-36(41)5-2/h5,8-9,18-19,27-28,30-33,35H,2,4,6-7,10-17,20-26H2,1,3H3. The monoisotopic (exact) mass is 696 g/mol. The van der Waals surface area contributed by atoms with E-state index in [1.54, 1.807) is 19.1 Å². The molecule has 1 aromatic carbocycles. The maximum absolute atomic E-state index is 13.0. The van der Waals surface area contributed by atoms with Crippen molar-refractivity contribution in [3.63, 3.8) is 0 Å². The zero-order valence-corrected chi connectivity index (χ0v) is 29.9. The van der Waals surface area contributed by atoms with E-state index in [2.05, 4.69) is 13.5 Å². The molecule has 0 heterocycles. The Hall–Kier alpha value is -3.69. The van der Waals surface area contributed by atoms with E-state index in [0.29, 0.717) is 37.9 Å². The second-order valence-electron chi connectivity index (χ2n) is 14.4. The van der Waals surface area contributed by atoms with E-state index in [-0.39, 0.29) is 55.9 Å². The van der Waals surface area contributed by atoms with Crippen molar-refractivity contribution >= 4 is 29.8 Å². The molecule has 276 valence electrons. The lowest BCUT2D eigenvalue weighted by molar-refractivity contribution is -0.158. The lowest BCUT2D eigenvalue weighted by atomic mass is 9.69. The van der Waals surface area contributed by atoms with Crippen molar-refractivity contribution in [2.45, 2.75) is 129 Å². The topological polar surface area (TPSA) is 132 Å². The van der Waals surface area contributed by atoms with Gasteiger partial charge in [-0.3, -0.25) is 19.2 Å². The number of rotatable bonds is 16. The number of hydrogen-bond donors (Lipinski definition) is 0. The molecule has 0 aliphatic heterocycles. The van der Waals surface area contributed by atoms with Crippen molar-refractivity contribution in [1.29, 1.82) is 0 Å². The van der Waals surface area contributed by atoms with E-state index in [1.165, 1.54) is 32.1 Å². The SMILES string of the molecule is C=CC(=O)OCC(C)OC(=O)CCC(=O)OCCc1ccc(OC(=O)C2CCC(OC(=O)C3CCC(C4CCC(CC)CC4)CC3)CC2)cc1. The van der Waals surface area contributed by atoms with Crippen LogP contribution in [0, 0.1) is 29.6 Å². The van der Waals surface area contributed by atoms with E-state index >= 15 is 0 Å². The molecule has 3 aliphatic carbocycles. The van der Waals surface area contributed by atoms with Crippen LogP contribution in [0.15, 0.2) is 36.9 Å². The predicted molar refractivity (Wildman–Crippen MR) is 186 cm³/mol. The Kier molecular flexibility index (Phi) is 15.8. The van der Waals surface area contributed by atoms with Crippen molar-refractivity contribution in [3.05, 3.63) is 42.5 Å². The molecule has 1 unspecified atom stereocenters. The quantitative estimate of drug-likeness (QED) is 0.0754. The summed E-state index contributed by atoms with van der Waals surface area (Å²) in [5, 5.41) is 0. The molecule has 0 saturated heterocycles. The van der Waals surface area contributed by atoms with Gasteiger partial charge in [-0.2, -0.15) is 0 Å². The van der Waals surface area contributed by atoms with E-state index in [9.17, 15) is 24.0 Å². The van der Waals surface area contributed by atoms with Crippen molar-refractivity contribution < 1.29 is 47.7 Å². The van der Waals surface area contributed by atoms with E-state index < -0.39 is 24.0 Å². The Balaban J connectivity index is 1.05. The van der Waals surface area contributed by atoms with E-state index in [1.807, 2.05) is 12.1 Å². The molecule has 1 atom stereocenters. The minimum absolute atomic E-state index is 0.0186. The fraction of sp³-hybridized carbons (Fsp3) is 0.675. The van der Waals surface area contributed by atoms with Gasteiger partial charge in [0.1, 0.15) is 24.6 Å². The number of benzene rings is 1. The van der Waals surface area contributed by atoms with Crippen molar-refractivity contribution in [2.24, 2.45) is 29.6 Å². The van der Waals surface area contributed by atoms with Crippen molar-refractivity contribution in [3.8, 4) is 5.75 Å². The van der Waals surface area contributed by atoms with Crippen LogP contribution < -0.4 is 4.74 Å². The highest BCUT2D eigenvalue weighted by atomic mass is 16.6. The van der Waals surface area contributed by atoms with Crippen molar-refractivity contribution in [2.75, 3.05) is 13.2 Å². The number of carbonyl (C=O) groups excluding carboxylic acids is 5. The summed E-state index contributed by atoms with van der Waals surface area (Å²) in [6.45, 7) is 7.21. The average molecular weight is 697 g/mol. The molecule has 1 aromatic rings. The van der Waals surface area contributed by atoms with Gasteiger partial charge in [-0.1, -0.05) is 44.9 Å². The van der Waals surface area contributed by atoms with Crippen LogP contribution in [0.2, 0.25) is 0 Å². The lowest BCUT2D eigenvalue weighted by Crippen LogP contribution is -2.33. The Morgan fingerprint density at radius 2 is 1.34 bits per heavy atom. The molecule has 0 spiro atoms. The minimum Gasteiger partial charge on any atom is -0.465 e. The first-order valence-electron chi connectivity index (χ1n) is 18.8. The van der Waals surface area contributed by atoms with Crippen LogP contribution in [0.1, 0.15) is 116 Å². The van der Waals surface area contributed by atoms with Crippen LogP contribution in [0.3, 0.4) is 0 Å². The Morgan fingerprint density at radius 1 is 0.760 bits per heavy atom. The molecular formula is C40H56O10. The first-order valence-corrected chi connectivity index (χ1v) is 18.8. The highest BCUT2D eigenvalue weighted by Crippen LogP contribution is 2.42. The smallest absolute Gasteiger partial charge is 0.330 e. The number of ether oxygens (including phenoxy) is 5. The summed E-state index contributed by atoms with van der Waals surface area (Å²) in [7, 11) is 0. The van der Waals surface area contributed by atoms with Gasteiger partial charge >= 0.3 is 29.8 Å². The van der Waals surface area contributed by atoms with Crippen LogP contribution in [0.5, 0.6) is 5.75 Å². The van der Waals surface area contributed by atoms with Gasteiger partial charge < -0.3 is 23.7 Å². The van der Waals surface area contributed by atoms with Gasteiger partial charge in [0, 0.05) is 12.5 Å². The molecule has 0 radical (unpaired) electrons. The molecule has 3 saturated carbocycles. The van der Waals surface area contributed by atoms with Crippen LogP contribution in [0.25, 0.3) is 0 Å². The Labute approximate surface area is 297 Å². The Bertz CT molecular complexity index is 1270. The first-order chi connectivity index (χ1) is 24.1. The van der Waals surface area contributed by atoms with Gasteiger partial charge in [-0.05, 0) is 107 Å². The third kappa shape index (κ3) is 12.9. The summed E-state index contributed by atoms with van der Waals surface area (Å²) in [6.07, 6.45) is 14.0. The first kappa shape index (κ1) is 39.1. The van der Waals surface area contributed by atoms with Gasteiger partial charge in [0.2, 0.25) is 0 Å². The molecule has 0 amide bonds. The molecule has 10 heteroatoms. The van der Waals surface area contributed by atoms with Crippen LogP contribution in [-0.2, 0) is 49.3 Å². The summed E-state index contributed by atoms with van der Waals surface area (Å²) in [6, 6.07) is 7.07. The zero-order valence-electron chi connectivity index (χ0n) is 29.9. The van der Waals surface area contributed by atoms with Gasteiger partial charge in [0.15, 0.2) is 0 Å². The molecule has 4 rings (SSSR count). The van der Waals surface area contributed by atoms with E-state index in [4.69, 9.17) is 23.7 Å². The molecule has 50 heavy (non-hydrogen) atoms. The number of hydrogen-bond acceptors (Lipinski definition) is 10. The largest absolute Gasteiger partial charge is 0.465 e. The molecule has 10 nitrogen and oxygen atoms in total. The van der Waals surface area contributed by atoms with Crippen LogP contribution in [-0.4, -0.2) is 55.3 Å². The fourth-order valence-corrected chi connectivity index (χ4v) is 7.63. The van der Waals surface area contributed by atoms with Crippen LogP contribution in [0.4, 0.5) is 0 Å². The average Bonchev–Trinajstić information content (AvgIpc) is 3.14. The predicted octanol–water partition coefficient (Wildman–Crippen LogP) is 7.24. The van der Waals surface area contributed by atoms with E-state index in [0.717, 1.165) is 55.1 Å². The minimum atomic E-state index is -0.643. The number of carbonyl (C=O) groups is 5. The maximum Gasteiger partial charge on any atom is 0.330 e. The molecule has 0 bridgehead atoms. The molecule has 3 fully saturated rings. The summed E-state index contributed by atoms with van der Waals surface area (Å²) in [4.78, 5) is 60.9. The van der Waals surface area contributed by atoms with Gasteiger partial charge in [-0.25, -0.2) is 4.79 Å². The third-order valence-corrected chi connectivity index (χ3v) is 10.8. The summed E-state index contributed by atoms with van der Waals surface area (Å²) in [5.41, 5.74) is 0.898. The molecule has 0 N–H and O–H groups in total. The highest BCUT2D eigenvalue weighted by molar-refractivity contribution is 5.81. The summed E-state index contributed by atoms with van der Waals surface area (Å²) >= 11 is 0. The normalized spacial score (nSPS) is 25.7. The van der Waals surface area contributed by atoms with Crippen molar-refractivity contribution in [1.82, 2.24) is 0 Å². The zero-order chi connectivity index (χ0) is 35.9. The second kappa shape index (κ2) is 20.2. The second-order valence-corrected chi connectivity index (χ2v) is 14.4. The molecule has 0 aromatic heterocycles. The maximum atomic E-state index is 13.0. The van der Waals surface area contributed by atoms with Gasteiger partial charge in [0.25, 0.3) is 0 Å².